The van der Waals surface area contributed by atoms with Crippen LogP contribution < -0.4 is 5.32 Å². The van der Waals surface area contributed by atoms with Gasteiger partial charge in [-0.3, -0.25) is 0 Å². The summed E-state index contributed by atoms with van der Waals surface area (Å²) < 4.78 is 5.28. The Morgan fingerprint density at radius 3 is 2.67 bits per heavy atom. The molecule has 1 rings (SSSR count). The van der Waals surface area contributed by atoms with E-state index in [2.05, 4.69) is 36.2 Å². The fourth-order valence-corrected chi connectivity index (χ4v) is 1.07. The second kappa shape index (κ2) is 7.05. The third-order valence-electron chi connectivity index (χ3n) is 1.95. The third kappa shape index (κ3) is 5.21. The van der Waals surface area contributed by atoms with E-state index in [-0.39, 0.29) is 0 Å². The summed E-state index contributed by atoms with van der Waals surface area (Å²) >= 11 is 0. The van der Waals surface area contributed by atoms with E-state index in [4.69, 9.17) is 4.74 Å². The Morgan fingerprint density at radius 1 is 1.27 bits per heavy atom. The first-order valence-corrected chi connectivity index (χ1v) is 5.11. The van der Waals surface area contributed by atoms with Crippen LogP contribution in [-0.4, -0.2) is 26.8 Å². The molecule has 2 nitrogen and oxygen atoms in total. The minimum atomic E-state index is 0.496. The van der Waals surface area contributed by atoms with Gasteiger partial charge in [0.25, 0.3) is 0 Å². The predicted octanol–water partition coefficient (Wildman–Crippen LogP) is 1.58. The van der Waals surface area contributed by atoms with Crippen LogP contribution in [0.2, 0.25) is 0 Å². The van der Waals surface area contributed by atoms with Gasteiger partial charge in [0, 0.05) is 12.1 Å². The number of aryl methyl sites for hydroxylation is 1. The maximum Gasteiger partial charge on any atom is 0.108 e. The number of hydrogen-bond acceptors (Lipinski definition) is 2. The van der Waals surface area contributed by atoms with E-state index >= 15 is 0 Å². The lowest BCUT2D eigenvalue weighted by Crippen LogP contribution is -2.14. The molecule has 1 aromatic carbocycles. The molecule has 0 unspecified atom stereocenters. The number of nitrogens with one attached hydrogen (secondary N) is 1. The first kappa shape index (κ1) is 11.8. The topological polar surface area (TPSA) is 21.3 Å². The molecule has 0 saturated heterocycles. The normalized spacial score (nSPS) is 9.47. The molecule has 0 aliphatic carbocycles. The Balaban J connectivity index is 2.28. The minimum absolute atomic E-state index is 0.496. The van der Waals surface area contributed by atoms with E-state index in [1.807, 2.05) is 19.2 Å². The Labute approximate surface area is 91.6 Å². The highest BCUT2D eigenvalue weighted by atomic mass is 16.5. The van der Waals surface area contributed by atoms with E-state index in [0.717, 1.165) is 12.1 Å². The lowest BCUT2D eigenvalue weighted by Gasteiger charge is -1.97. The maximum atomic E-state index is 5.28. The van der Waals surface area contributed by atoms with E-state index in [0.29, 0.717) is 13.2 Å². The summed E-state index contributed by atoms with van der Waals surface area (Å²) in [6.07, 6.45) is 0. The highest BCUT2D eigenvalue weighted by molar-refractivity contribution is 5.35. The molecule has 0 fully saturated rings. The highest BCUT2D eigenvalue weighted by Crippen LogP contribution is 2.00. The second-order valence-corrected chi connectivity index (χ2v) is 3.32. The largest absolute Gasteiger partial charge is 0.367 e. The molecule has 0 bridgehead atoms. The summed E-state index contributed by atoms with van der Waals surface area (Å²) in [4.78, 5) is 0. The van der Waals surface area contributed by atoms with Gasteiger partial charge >= 0.3 is 0 Å². The number of rotatable bonds is 4. The quantitative estimate of drug-likeness (QED) is 0.592. The summed E-state index contributed by atoms with van der Waals surface area (Å²) in [7, 11) is 1.90. The summed E-state index contributed by atoms with van der Waals surface area (Å²) in [6.45, 7) is 4.14. The molecule has 0 aromatic heterocycles. The SMILES string of the molecule is CNCCOCC#Cc1ccc(C)cc1. The summed E-state index contributed by atoms with van der Waals surface area (Å²) in [5.74, 6) is 6.03. The Bertz CT molecular complexity index is 332. The number of hydrogen-bond donors (Lipinski definition) is 1. The first-order valence-electron chi connectivity index (χ1n) is 5.11. The summed E-state index contributed by atoms with van der Waals surface area (Å²) in [5, 5.41) is 3.01. The van der Waals surface area contributed by atoms with Crippen molar-refractivity contribution in [3.05, 3.63) is 35.4 Å². The Morgan fingerprint density at radius 2 is 2.00 bits per heavy atom. The van der Waals surface area contributed by atoms with Crippen LogP contribution in [0.25, 0.3) is 0 Å². The van der Waals surface area contributed by atoms with Gasteiger partial charge in [-0.25, -0.2) is 0 Å². The molecule has 1 aromatic rings. The van der Waals surface area contributed by atoms with Gasteiger partial charge < -0.3 is 10.1 Å². The van der Waals surface area contributed by atoms with Crippen LogP contribution in [0.15, 0.2) is 24.3 Å². The van der Waals surface area contributed by atoms with E-state index in [9.17, 15) is 0 Å². The number of ether oxygens (including phenoxy) is 1. The van der Waals surface area contributed by atoms with Gasteiger partial charge in [-0.2, -0.15) is 0 Å². The van der Waals surface area contributed by atoms with Crippen LogP contribution in [-0.2, 0) is 4.74 Å². The average Bonchev–Trinajstić information content (AvgIpc) is 2.26. The fourth-order valence-electron chi connectivity index (χ4n) is 1.07. The number of benzene rings is 1. The van der Waals surface area contributed by atoms with Crippen molar-refractivity contribution in [2.75, 3.05) is 26.8 Å². The lowest BCUT2D eigenvalue weighted by atomic mass is 10.2. The highest BCUT2D eigenvalue weighted by Gasteiger charge is 1.85. The van der Waals surface area contributed by atoms with Crippen LogP contribution >= 0.6 is 0 Å². The van der Waals surface area contributed by atoms with Crippen LogP contribution in [0, 0.1) is 18.8 Å². The molecule has 0 aliphatic rings. The van der Waals surface area contributed by atoms with Crippen molar-refractivity contribution < 1.29 is 4.74 Å². The Hall–Kier alpha value is -1.30. The van der Waals surface area contributed by atoms with Crippen molar-refractivity contribution in [3.63, 3.8) is 0 Å². The van der Waals surface area contributed by atoms with Gasteiger partial charge in [-0.1, -0.05) is 29.5 Å². The van der Waals surface area contributed by atoms with E-state index in [1.165, 1.54) is 5.56 Å². The molecule has 0 radical (unpaired) electrons. The van der Waals surface area contributed by atoms with E-state index < -0.39 is 0 Å². The molecule has 0 heterocycles. The van der Waals surface area contributed by atoms with Gasteiger partial charge in [-0.15, -0.1) is 0 Å². The van der Waals surface area contributed by atoms with Gasteiger partial charge in [0.1, 0.15) is 6.61 Å². The molecule has 0 spiro atoms. The van der Waals surface area contributed by atoms with Crippen molar-refractivity contribution >= 4 is 0 Å². The van der Waals surface area contributed by atoms with Crippen molar-refractivity contribution in [2.45, 2.75) is 6.92 Å². The first-order chi connectivity index (χ1) is 7.33. The van der Waals surface area contributed by atoms with E-state index in [1.54, 1.807) is 0 Å². The van der Waals surface area contributed by atoms with Crippen LogP contribution in [0.5, 0.6) is 0 Å². The fraction of sp³-hybridized carbons (Fsp3) is 0.385. The molecule has 0 saturated carbocycles. The smallest absolute Gasteiger partial charge is 0.108 e. The zero-order valence-corrected chi connectivity index (χ0v) is 9.34. The molecule has 15 heavy (non-hydrogen) atoms. The molecule has 2 heteroatoms. The monoisotopic (exact) mass is 203 g/mol. The lowest BCUT2D eigenvalue weighted by molar-refractivity contribution is 0.170. The van der Waals surface area contributed by atoms with Gasteiger partial charge in [0.05, 0.1) is 6.61 Å². The Kier molecular flexibility index (Phi) is 5.54. The molecular formula is C13H17NO. The maximum absolute atomic E-state index is 5.28. The molecule has 80 valence electrons. The molecular weight excluding hydrogens is 186 g/mol. The van der Waals surface area contributed by atoms with Gasteiger partial charge in [0.2, 0.25) is 0 Å². The minimum Gasteiger partial charge on any atom is -0.367 e. The zero-order chi connectivity index (χ0) is 10.9. The van der Waals surface area contributed by atoms with Crippen molar-refractivity contribution in [1.82, 2.24) is 5.32 Å². The predicted molar refractivity (Wildman–Crippen MR) is 62.8 cm³/mol. The van der Waals surface area contributed by atoms with Crippen LogP contribution in [0.4, 0.5) is 0 Å². The standard InChI is InChI=1S/C13H17NO/c1-12-5-7-13(8-6-12)4-3-10-15-11-9-14-2/h5-8,14H,9-11H2,1-2H3. The average molecular weight is 203 g/mol. The number of likely N-dealkylation sites (N-methyl/N-ethyl adjacent to an activating group) is 1. The van der Waals surface area contributed by atoms with Crippen molar-refractivity contribution in [1.29, 1.82) is 0 Å². The molecule has 0 atom stereocenters. The second-order valence-electron chi connectivity index (χ2n) is 3.32. The van der Waals surface area contributed by atoms with Crippen molar-refractivity contribution in [2.24, 2.45) is 0 Å². The summed E-state index contributed by atoms with van der Waals surface area (Å²) in [6, 6.07) is 8.17. The van der Waals surface area contributed by atoms with Crippen LogP contribution in [0.1, 0.15) is 11.1 Å². The van der Waals surface area contributed by atoms with Crippen molar-refractivity contribution in [3.8, 4) is 11.8 Å². The third-order valence-corrected chi connectivity index (χ3v) is 1.95. The molecule has 0 amide bonds. The summed E-state index contributed by atoms with van der Waals surface area (Å²) in [5.41, 5.74) is 2.30. The van der Waals surface area contributed by atoms with Gasteiger partial charge in [0.15, 0.2) is 0 Å². The molecule has 1 N–H and O–H groups in total. The molecule has 0 aliphatic heterocycles. The van der Waals surface area contributed by atoms with Crippen LogP contribution in [0.3, 0.4) is 0 Å². The zero-order valence-electron chi connectivity index (χ0n) is 9.34. The van der Waals surface area contributed by atoms with Gasteiger partial charge in [-0.05, 0) is 26.1 Å².